The Morgan fingerprint density at radius 3 is 2.52 bits per heavy atom. The number of pyridine rings is 1. The number of carboxylic acids is 1. The van der Waals surface area contributed by atoms with Crippen LogP contribution >= 0.6 is 0 Å². The Hall–Kier alpha value is -2.41. The average molecular weight is 306 g/mol. The number of benzene rings is 1. The van der Waals surface area contributed by atoms with E-state index in [1.165, 1.54) is 12.1 Å². The largest absolute Gasteiger partial charge is 0.478 e. The lowest BCUT2D eigenvalue weighted by molar-refractivity contribution is 0.0697. The van der Waals surface area contributed by atoms with Gasteiger partial charge in [-0.15, -0.1) is 0 Å². The van der Waals surface area contributed by atoms with E-state index >= 15 is 0 Å². The second-order valence-electron chi connectivity index (χ2n) is 4.63. The van der Waals surface area contributed by atoms with Crippen molar-refractivity contribution in [1.29, 1.82) is 0 Å². The number of nitrogens with zero attached hydrogens (tertiary/aromatic N) is 1. The van der Waals surface area contributed by atoms with Crippen LogP contribution in [0.15, 0.2) is 36.7 Å². The fraction of sp³-hybridized carbons (Fsp3) is 0.143. The number of sulfonamides is 1. The van der Waals surface area contributed by atoms with Crippen LogP contribution in [0.5, 0.6) is 0 Å². The third-order valence-electron chi connectivity index (χ3n) is 2.88. The molecule has 0 amide bonds. The Bertz CT molecular complexity index is 800. The maximum atomic E-state index is 11.4. The molecule has 0 atom stereocenters. The standard InChI is InChI=1S/C14H14N2O4S/c1-9-5-6-15-8-13(9)11-4-3-10(16-21(2,19)20)7-12(11)14(17)18/h3-8,16H,1-2H3,(H,17,18). The number of carboxylic acid groups (broad SMARTS) is 1. The van der Waals surface area contributed by atoms with Gasteiger partial charge in [-0.05, 0) is 36.2 Å². The minimum Gasteiger partial charge on any atom is -0.478 e. The highest BCUT2D eigenvalue weighted by Crippen LogP contribution is 2.28. The summed E-state index contributed by atoms with van der Waals surface area (Å²) in [6.07, 6.45) is 4.21. The van der Waals surface area contributed by atoms with Crippen LogP contribution < -0.4 is 4.72 Å². The van der Waals surface area contributed by atoms with Gasteiger partial charge in [-0.3, -0.25) is 9.71 Å². The number of aryl methyl sites for hydroxylation is 1. The van der Waals surface area contributed by atoms with Crippen molar-refractivity contribution < 1.29 is 18.3 Å². The van der Waals surface area contributed by atoms with E-state index in [1.807, 2.05) is 6.92 Å². The van der Waals surface area contributed by atoms with E-state index in [0.29, 0.717) is 11.1 Å². The van der Waals surface area contributed by atoms with Gasteiger partial charge in [-0.25, -0.2) is 13.2 Å². The molecule has 0 saturated heterocycles. The van der Waals surface area contributed by atoms with E-state index in [2.05, 4.69) is 9.71 Å². The van der Waals surface area contributed by atoms with Gasteiger partial charge in [0.15, 0.2) is 0 Å². The van der Waals surface area contributed by atoms with Crippen LogP contribution in [0.3, 0.4) is 0 Å². The molecular weight excluding hydrogens is 292 g/mol. The first-order valence-corrected chi connectivity index (χ1v) is 7.93. The third-order valence-corrected chi connectivity index (χ3v) is 3.49. The van der Waals surface area contributed by atoms with Crippen molar-refractivity contribution in [2.45, 2.75) is 6.92 Å². The van der Waals surface area contributed by atoms with Crippen LogP contribution in [0, 0.1) is 6.92 Å². The van der Waals surface area contributed by atoms with Crippen LogP contribution in [0.2, 0.25) is 0 Å². The van der Waals surface area contributed by atoms with E-state index in [4.69, 9.17) is 0 Å². The molecule has 6 nitrogen and oxygen atoms in total. The molecule has 0 bridgehead atoms. The first-order chi connectivity index (χ1) is 9.78. The molecule has 7 heteroatoms. The highest BCUT2D eigenvalue weighted by molar-refractivity contribution is 7.92. The van der Waals surface area contributed by atoms with Crippen molar-refractivity contribution >= 4 is 21.7 Å². The second-order valence-corrected chi connectivity index (χ2v) is 6.38. The summed E-state index contributed by atoms with van der Waals surface area (Å²) in [5.74, 6) is -1.13. The van der Waals surface area contributed by atoms with Crippen LogP contribution in [0.4, 0.5) is 5.69 Å². The quantitative estimate of drug-likeness (QED) is 0.902. The molecule has 0 aliphatic rings. The molecule has 0 aliphatic carbocycles. The number of aromatic carboxylic acids is 1. The average Bonchev–Trinajstić information content (AvgIpc) is 2.37. The number of anilines is 1. The second kappa shape index (κ2) is 5.53. The zero-order valence-electron chi connectivity index (χ0n) is 11.5. The van der Waals surface area contributed by atoms with E-state index in [1.54, 1.807) is 24.5 Å². The van der Waals surface area contributed by atoms with Crippen LogP contribution in [0.25, 0.3) is 11.1 Å². The Morgan fingerprint density at radius 1 is 1.24 bits per heavy atom. The lowest BCUT2D eigenvalue weighted by Crippen LogP contribution is -2.10. The summed E-state index contributed by atoms with van der Waals surface area (Å²) in [7, 11) is -3.46. The van der Waals surface area contributed by atoms with Crippen molar-refractivity contribution in [2.24, 2.45) is 0 Å². The zero-order valence-corrected chi connectivity index (χ0v) is 12.3. The van der Waals surface area contributed by atoms with E-state index in [9.17, 15) is 18.3 Å². The van der Waals surface area contributed by atoms with Gasteiger partial charge in [0.1, 0.15) is 0 Å². The maximum Gasteiger partial charge on any atom is 0.336 e. The molecule has 0 saturated carbocycles. The monoisotopic (exact) mass is 306 g/mol. The SMILES string of the molecule is Cc1ccncc1-c1ccc(NS(C)(=O)=O)cc1C(=O)O. The molecule has 0 aliphatic heterocycles. The Labute approximate surface area is 122 Å². The van der Waals surface area contributed by atoms with Crippen molar-refractivity contribution in [1.82, 2.24) is 4.98 Å². The van der Waals surface area contributed by atoms with Gasteiger partial charge in [0.05, 0.1) is 11.8 Å². The molecule has 2 N–H and O–H groups in total. The fourth-order valence-corrected chi connectivity index (χ4v) is 2.53. The molecule has 1 aromatic carbocycles. The molecule has 0 fully saturated rings. The minimum absolute atomic E-state index is 0.0137. The van der Waals surface area contributed by atoms with Gasteiger partial charge in [-0.2, -0.15) is 0 Å². The summed E-state index contributed by atoms with van der Waals surface area (Å²) >= 11 is 0. The number of hydrogen-bond acceptors (Lipinski definition) is 4. The number of nitrogens with one attached hydrogen (secondary N) is 1. The predicted octanol–water partition coefficient (Wildman–Crippen LogP) is 2.13. The highest BCUT2D eigenvalue weighted by Gasteiger charge is 2.15. The molecule has 2 aromatic rings. The Balaban J connectivity index is 2.58. The highest BCUT2D eigenvalue weighted by atomic mass is 32.2. The normalized spacial score (nSPS) is 11.1. The van der Waals surface area contributed by atoms with Crippen LogP contribution in [-0.2, 0) is 10.0 Å². The van der Waals surface area contributed by atoms with Gasteiger partial charge in [0, 0.05) is 23.6 Å². The van der Waals surface area contributed by atoms with E-state index in [-0.39, 0.29) is 11.3 Å². The van der Waals surface area contributed by atoms with Gasteiger partial charge >= 0.3 is 5.97 Å². The molecule has 0 spiro atoms. The molecule has 0 radical (unpaired) electrons. The molecule has 1 heterocycles. The number of rotatable bonds is 4. The number of aromatic nitrogens is 1. The molecule has 21 heavy (non-hydrogen) atoms. The summed E-state index contributed by atoms with van der Waals surface area (Å²) in [6.45, 7) is 1.85. The molecule has 2 rings (SSSR count). The lowest BCUT2D eigenvalue weighted by Gasteiger charge is -2.11. The smallest absolute Gasteiger partial charge is 0.336 e. The molecule has 1 aromatic heterocycles. The molecule has 0 unspecified atom stereocenters. The third kappa shape index (κ3) is 3.57. The van der Waals surface area contributed by atoms with Crippen LogP contribution in [-0.4, -0.2) is 30.7 Å². The maximum absolute atomic E-state index is 11.4. The molecule has 110 valence electrons. The summed E-state index contributed by atoms with van der Waals surface area (Å²) in [6, 6.07) is 6.17. The number of carbonyl (C=O) groups is 1. The summed E-state index contributed by atoms with van der Waals surface area (Å²) in [5, 5.41) is 9.34. The Kier molecular flexibility index (Phi) is 3.95. The van der Waals surface area contributed by atoms with Gasteiger partial charge < -0.3 is 5.11 Å². The zero-order chi connectivity index (χ0) is 15.6. The van der Waals surface area contributed by atoms with Crippen molar-refractivity contribution in [3.63, 3.8) is 0 Å². The van der Waals surface area contributed by atoms with Crippen LogP contribution in [0.1, 0.15) is 15.9 Å². The van der Waals surface area contributed by atoms with E-state index in [0.717, 1.165) is 11.8 Å². The first kappa shape index (κ1) is 15.0. The van der Waals surface area contributed by atoms with Crippen molar-refractivity contribution in [3.05, 3.63) is 47.8 Å². The number of hydrogen-bond donors (Lipinski definition) is 2. The van der Waals surface area contributed by atoms with E-state index < -0.39 is 16.0 Å². The summed E-state index contributed by atoms with van der Waals surface area (Å²) in [4.78, 5) is 15.4. The summed E-state index contributed by atoms with van der Waals surface area (Å²) < 4.78 is 24.7. The minimum atomic E-state index is -3.46. The Morgan fingerprint density at radius 2 is 1.95 bits per heavy atom. The van der Waals surface area contributed by atoms with Crippen molar-refractivity contribution in [2.75, 3.05) is 11.0 Å². The van der Waals surface area contributed by atoms with Gasteiger partial charge in [0.25, 0.3) is 0 Å². The topological polar surface area (TPSA) is 96.4 Å². The lowest BCUT2D eigenvalue weighted by atomic mass is 9.97. The summed E-state index contributed by atoms with van der Waals surface area (Å²) in [5.41, 5.74) is 2.30. The van der Waals surface area contributed by atoms with Crippen molar-refractivity contribution in [3.8, 4) is 11.1 Å². The molecular formula is C14H14N2O4S. The van der Waals surface area contributed by atoms with Gasteiger partial charge in [0.2, 0.25) is 10.0 Å². The first-order valence-electron chi connectivity index (χ1n) is 6.04. The fourth-order valence-electron chi connectivity index (χ4n) is 1.98. The predicted molar refractivity (Wildman–Crippen MR) is 79.8 cm³/mol. The van der Waals surface area contributed by atoms with Gasteiger partial charge in [-0.1, -0.05) is 6.07 Å².